The van der Waals surface area contributed by atoms with E-state index < -0.39 is 0 Å². The Hall–Kier alpha value is -0.300. The van der Waals surface area contributed by atoms with Crippen LogP contribution < -0.4 is 0 Å². The normalized spacial score (nSPS) is 13.9. The Kier molecular flexibility index (Phi) is 5.31. The summed E-state index contributed by atoms with van der Waals surface area (Å²) in [7, 11) is 0. The average molecular weight is 184 g/mol. The molecule has 13 heavy (non-hydrogen) atoms. The Bertz CT molecular complexity index is 160. The highest BCUT2D eigenvalue weighted by Crippen LogP contribution is 2.23. The summed E-state index contributed by atoms with van der Waals surface area (Å²) in [6.07, 6.45) is 2.18. The smallest absolute Gasteiger partial charge is 0.0650 e. The van der Waals surface area contributed by atoms with E-state index in [-0.39, 0.29) is 5.41 Å². The first-order valence-electron chi connectivity index (χ1n) is 5.09. The third-order valence-electron chi connectivity index (χ3n) is 2.14. The van der Waals surface area contributed by atoms with Crippen molar-refractivity contribution in [2.45, 2.75) is 41.5 Å². The minimum Gasteiger partial charge on any atom is -0.377 e. The number of hydrogen-bond donors (Lipinski definition) is 0. The highest BCUT2D eigenvalue weighted by molar-refractivity contribution is 5.07. The first kappa shape index (κ1) is 12.7. The molecule has 0 spiro atoms. The molecule has 0 aromatic heterocycles. The van der Waals surface area contributed by atoms with Crippen LogP contribution in [0.2, 0.25) is 0 Å². The van der Waals surface area contributed by atoms with Crippen LogP contribution in [0.1, 0.15) is 41.5 Å². The van der Waals surface area contributed by atoms with Crippen LogP contribution in [0.15, 0.2) is 11.6 Å². The molecule has 0 atom stereocenters. The molecule has 0 fully saturated rings. The molecule has 0 radical (unpaired) electrons. The maximum atomic E-state index is 5.48. The Labute approximate surface area is 83.2 Å². The molecule has 0 unspecified atom stereocenters. The van der Waals surface area contributed by atoms with Crippen LogP contribution in [0.4, 0.5) is 0 Å². The standard InChI is InChI=1S/C12H24O/c1-10(2)9-13-8-7-11(3)12(4,5)6/h7,10H,8-9H2,1-6H3. The third-order valence-corrected chi connectivity index (χ3v) is 2.14. The lowest BCUT2D eigenvalue weighted by Crippen LogP contribution is -2.08. The van der Waals surface area contributed by atoms with Crippen LogP contribution in [-0.4, -0.2) is 13.2 Å². The van der Waals surface area contributed by atoms with Gasteiger partial charge in [-0.3, -0.25) is 0 Å². The zero-order chi connectivity index (χ0) is 10.5. The summed E-state index contributed by atoms with van der Waals surface area (Å²) in [4.78, 5) is 0. The van der Waals surface area contributed by atoms with Gasteiger partial charge >= 0.3 is 0 Å². The molecule has 0 aromatic carbocycles. The molecular formula is C12H24O. The topological polar surface area (TPSA) is 9.23 Å². The second-order valence-corrected chi connectivity index (χ2v) is 5.07. The number of ether oxygens (including phenoxy) is 1. The molecule has 0 amide bonds. The fourth-order valence-electron chi connectivity index (χ4n) is 0.794. The van der Waals surface area contributed by atoms with E-state index >= 15 is 0 Å². The minimum absolute atomic E-state index is 0.279. The summed E-state index contributed by atoms with van der Waals surface area (Å²) in [5, 5.41) is 0. The molecule has 0 aliphatic heterocycles. The summed E-state index contributed by atoms with van der Waals surface area (Å²) in [6, 6.07) is 0. The largest absolute Gasteiger partial charge is 0.377 e. The van der Waals surface area contributed by atoms with E-state index in [9.17, 15) is 0 Å². The SMILES string of the molecule is CC(=CCOCC(C)C)C(C)(C)C. The summed E-state index contributed by atoms with van der Waals surface area (Å²) in [5.74, 6) is 0.628. The summed E-state index contributed by atoms with van der Waals surface area (Å²) >= 11 is 0. The lowest BCUT2D eigenvalue weighted by molar-refractivity contribution is 0.134. The van der Waals surface area contributed by atoms with Gasteiger partial charge in [0.1, 0.15) is 0 Å². The fourth-order valence-corrected chi connectivity index (χ4v) is 0.794. The number of rotatable bonds is 4. The average Bonchev–Trinajstić information content (AvgIpc) is 1.95. The molecule has 0 saturated heterocycles. The zero-order valence-corrected chi connectivity index (χ0v) is 9.98. The van der Waals surface area contributed by atoms with Crippen molar-refractivity contribution < 1.29 is 4.74 Å². The van der Waals surface area contributed by atoms with Crippen molar-refractivity contribution in [2.75, 3.05) is 13.2 Å². The molecule has 0 N–H and O–H groups in total. The van der Waals surface area contributed by atoms with Gasteiger partial charge in [-0.1, -0.05) is 46.3 Å². The van der Waals surface area contributed by atoms with Gasteiger partial charge in [0, 0.05) is 6.61 Å². The Morgan fingerprint density at radius 2 is 1.85 bits per heavy atom. The van der Waals surface area contributed by atoms with Gasteiger partial charge in [0.05, 0.1) is 6.61 Å². The van der Waals surface area contributed by atoms with E-state index in [0.29, 0.717) is 5.92 Å². The lowest BCUT2D eigenvalue weighted by Gasteiger charge is -2.19. The highest BCUT2D eigenvalue weighted by Gasteiger charge is 2.11. The van der Waals surface area contributed by atoms with Crippen molar-refractivity contribution in [3.05, 3.63) is 11.6 Å². The van der Waals surface area contributed by atoms with E-state index in [0.717, 1.165) is 13.2 Å². The molecule has 0 aromatic rings. The quantitative estimate of drug-likeness (QED) is 0.478. The summed E-state index contributed by atoms with van der Waals surface area (Å²) in [5.41, 5.74) is 1.68. The van der Waals surface area contributed by atoms with Crippen LogP contribution in [-0.2, 0) is 4.74 Å². The molecular weight excluding hydrogens is 160 g/mol. The second kappa shape index (κ2) is 5.43. The maximum absolute atomic E-state index is 5.48. The van der Waals surface area contributed by atoms with Crippen LogP contribution in [0, 0.1) is 11.3 Å². The zero-order valence-electron chi connectivity index (χ0n) is 9.98. The molecule has 0 saturated carbocycles. The molecule has 1 heteroatoms. The van der Waals surface area contributed by atoms with Gasteiger partial charge in [-0.05, 0) is 18.3 Å². The summed E-state index contributed by atoms with van der Waals surface area (Å²) < 4.78 is 5.48. The van der Waals surface area contributed by atoms with Crippen LogP contribution in [0.3, 0.4) is 0 Å². The number of hydrogen-bond acceptors (Lipinski definition) is 1. The molecule has 0 bridgehead atoms. The van der Waals surface area contributed by atoms with Crippen LogP contribution in [0.5, 0.6) is 0 Å². The predicted octanol–water partition coefficient (Wildman–Crippen LogP) is 3.65. The monoisotopic (exact) mass is 184 g/mol. The van der Waals surface area contributed by atoms with E-state index in [1.54, 1.807) is 0 Å². The number of allylic oxidation sites excluding steroid dienone is 1. The first-order valence-corrected chi connectivity index (χ1v) is 5.09. The van der Waals surface area contributed by atoms with Gasteiger partial charge in [-0.15, -0.1) is 0 Å². The van der Waals surface area contributed by atoms with Gasteiger partial charge in [-0.2, -0.15) is 0 Å². The molecule has 0 aliphatic rings. The van der Waals surface area contributed by atoms with E-state index in [4.69, 9.17) is 4.74 Å². The van der Waals surface area contributed by atoms with E-state index in [1.807, 2.05) is 0 Å². The molecule has 0 heterocycles. The maximum Gasteiger partial charge on any atom is 0.0650 e. The van der Waals surface area contributed by atoms with Crippen molar-refractivity contribution in [3.63, 3.8) is 0 Å². The highest BCUT2D eigenvalue weighted by atomic mass is 16.5. The molecule has 0 rings (SSSR count). The first-order chi connectivity index (χ1) is 5.84. The van der Waals surface area contributed by atoms with Crippen LogP contribution in [0.25, 0.3) is 0 Å². The van der Waals surface area contributed by atoms with Crippen molar-refractivity contribution >= 4 is 0 Å². The molecule has 1 nitrogen and oxygen atoms in total. The van der Waals surface area contributed by atoms with Crippen molar-refractivity contribution in [1.82, 2.24) is 0 Å². The Morgan fingerprint density at radius 1 is 1.31 bits per heavy atom. The van der Waals surface area contributed by atoms with Crippen molar-refractivity contribution in [2.24, 2.45) is 11.3 Å². The van der Waals surface area contributed by atoms with Gasteiger partial charge in [-0.25, -0.2) is 0 Å². The van der Waals surface area contributed by atoms with Gasteiger partial charge < -0.3 is 4.74 Å². The van der Waals surface area contributed by atoms with Crippen LogP contribution >= 0.6 is 0 Å². The second-order valence-electron chi connectivity index (χ2n) is 5.07. The minimum atomic E-state index is 0.279. The van der Waals surface area contributed by atoms with Gasteiger partial charge in [0.15, 0.2) is 0 Å². The van der Waals surface area contributed by atoms with E-state index in [2.05, 4.69) is 47.6 Å². The fraction of sp³-hybridized carbons (Fsp3) is 0.833. The Morgan fingerprint density at radius 3 is 2.23 bits per heavy atom. The van der Waals surface area contributed by atoms with Crippen molar-refractivity contribution in [3.8, 4) is 0 Å². The van der Waals surface area contributed by atoms with Gasteiger partial charge in [0.25, 0.3) is 0 Å². The van der Waals surface area contributed by atoms with E-state index in [1.165, 1.54) is 5.57 Å². The Balaban J connectivity index is 3.73. The molecule has 0 aliphatic carbocycles. The predicted molar refractivity (Wildman–Crippen MR) is 58.9 cm³/mol. The van der Waals surface area contributed by atoms with Crippen molar-refractivity contribution in [1.29, 1.82) is 0 Å². The lowest BCUT2D eigenvalue weighted by atomic mass is 9.87. The van der Waals surface area contributed by atoms with Gasteiger partial charge in [0.2, 0.25) is 0 Å². The third kappa shape index (κ3) is 6.83. The summed E-state index contributed by atoms with van der Waals surface area (Å²) in [6.45, 7) is 14.8. The molecule has 78 valence electrons.